The molecule has 2 unspecified atom stereocenters. The molecule has 1 aliphatic rings. The van der Waals surface area contributed by atoms with E-state index < -0.39 is 0 Å². The summed E-state index contributed by atoms with van der Waals surface area (Å²) in [4.78, 5) is 2.28. The molecule has 0 heterocycles. The lowest BCUT2D eigenvalue weighted by molar-refractivity contribution is 0.268. The lowest BCUT2D eigenvalue weighted by Crippen LogP contribution is -2.34. The van der Waals surface area contributed by atoms with Gasteiger partial charge in [-0.3, -0.25) is 4.90 Å². The number of benzene rings is 1. The van der Waals surface area contributed by atoms with E-state index >= 15 is 0 Å². The Morgan fingerprint density at radius 3 is 2.38 bits per heavy atom. The minimum atomic E-state index is -0.0505. The second-order valence-electron chi connectivity index (χ2n) is 5.63. The first-order valence-electron chi connectivity index (χ1n) is 7.66. The van der Waals surface area contributed by atoms with Crippen molar-refractivity contribution < 1.29 is 10.2 Å². The first kappa shape index (κ1) is 15.6. The number of aryl methyl sites for hydroxylation is 1. The van der Waals surface area contributed by atoms with Crippen LogP contribution in [0.1, 0.15) is 25.0 Å². The van der Waals surface area contributed by atoms with Crippen LogP contribution in [0.15, 0.2) is 42.2 Å². The highest BCUT2D eigenvalue weighted by atomic mass is 16.3. The second kappa shape index (κ2) is 6.81. The number of allylic oxidation sites excluding steroid dienone is 1. The fourth-order valence-corrected chi connectivity index (χ4v) is 2.83. The summed E-state index contributed by atoms with van der Waals surface area (Å²) < 4.78 is 0. The van der Waals surface area contributed by atoms with Crippen LogP contribution in [-0.4, -0.2) is 34.2 Å². The lowest BCUT2D eigenvalue weighted by Gasteiger charge is -2.29. The summed E-state index contributed by atoms with van der Waals surface area (Å²) in [5.41, 5.74) is 1.91. The predicted molar refractivity (Wildman–Crippen MR) is 86.6 cm³/mol. The Morgan fingerprint density at radius 1 is 1.10 bits per heavy atom. The van der Waals surface area contributed by atoms with Crippen molar-refractivity contribution in [3.63, 3.8) is 0 Å². The number of nitrogens with zero attached hydrogens (tertiary/aromatic N) is 1. The number of hydrogen-bond acceptors (Lipinski definition) is 3. The van der Waals surface area contributed by atoms with Gasteiger partial charge in [0, 0.05) is 12.0 Å². The molecular weight excluding hydrogens is 262 g/mol. The van der Waals surface area contributed by atoms with Crippen LogP contribution >= 0.6 is 0 Å². The zero-order valence-electron chi connectivity index (χ0n) is 13.1. The fraction of sp³-hybridized carbons (Fsp3) is 0.444. The monoisotopic (exact) mass is 287 g/mol. The van der Waals surface area contributed by atoms with Crippen molar-refractivity contribution in [2.45, 2.75) is 33.2 Å². The molecule has 0 bridgehead atoms. The van der Waals surface area contributed by atoms with Crippen LogP contribution in [0.25, 0.3) is 0 Å². The molecule has 1 aromatic rings. The number of hydrogen-bond donors (Lipinski definition) is 2. The molecule has 2 N–H and O–H groups in total. The van der Waals surface area contributed by atoms with Gasteiger partial charge >= 0.3 is 0 Å². The molecule has 1 aliphatic carbocycles. The number of aliphatic hydroxyl groups excluding tert-OH is 1. The van der Waals surface area contributed by atoms with Crippen molar-refractivity contribution >= 4 is 0 Å². The van der Waals surface area contributed by atoms with E-state index in [-0.39, 0.29) is 12.0 Å². The largest absolute Gasteiger partial charge is 0.512 e. The Morgan fingerprint density at radius 2 is 1.81 bits per heavy atom. The molecule has 114 valence electrons. The zero-order chi connectivity index (χ0) is 15.4. The van der Waals surface area contributed by atoms with Crippen LogP contribution in [0.2, 0.25) is 0 Å². The first-order valence-corrected chi connectivity index (χ1v) is 7.66. The van der Waals surface area contributed by atoms with Gasteiger partial charge in [-0.2, -0.15) is 0 Å². The third kappa shape index (κ3) is 3.67. The van der Waals surface area contributed by atoms with Gasteiger partial charge in [0.1, 0.15) is 5.75 Å². The van der Waals surface area contributed by atoms with Crippen LogP contribution in [0.5, 0.6) is 5.75 Å². The smallest absolute Gasteiger partial charge is 0.119 e. The number of rotatable bonds is 5. The Kier molecular flexibility index (Phi) is 5.07. The van der Waals surface area contributed by atoms with E-state index in [0.717, 1.165) is 24.2 Å². The van der Waals surface area contributed by atoms with E-state index in [4.69, 9.17) is 0 Å². The number of likely N-dealkylation sites (N-methyl/N-ethyl adjacent to an activating group) is 1. The number of phenols is 1. The van der Waals surface area contributed by atoms with Crippen molar-refractivity contribution in [1.29, 1.82) is 0 Å². The van der Waals surface area contributed by atoms with E-state index in [9.17, 15) is 10.2 Å². The molecular formula is C18H25NO2. The Bertz CT molecular complexity index is 544. The van der Waals surface area contributed by atoms with Crippen molar-refractivity contribution in [2.75, 3.05) is 13.1 Å². The van der Waals surface area contributed by atoms with Crippen LogP contribution < -0.4 is 0 Å². The van der Waals surface area contributed by atoms with E-state index in [1.807, 2.05) is 25.1 Å². The van der Waals surface area contributed by atoms with Gasteiger partial charge in [0.2, 0.25) is 0 Å². The van der Waals surface area contributed by atoms with E-state index in [2.05, 4.69) is 30.9 Å². The van der Waals surface area contributed by atoms with Crippen LogP contribution in [0.3, 0.4) is 0 Å². The van der Waals surface area contributed by atoms with E-state index in [1.165, 1.54) is 0 Å². The van der Waals surface area contributed by atoms with Gasteiger partial charge in [-0.05, 0) is 49.7 Å². The van der Waals surface area contributed by atoms with Crippen molar-refractivity contribution in [3.05, 3.63) is 53.3 Å². The predicted octanol–water partition coefficient (Wildman–Crippen LogP) is 3.58. The zero-order valence-corrected chi connectivity index (χ0v) is 13.1. The number of aromatic hydroxyl groups is 1. The Labute approximate surface area is 127 Å². The molecule has 3 heteroatoms. The lowest BCUT2D eigenvalue weighted by atomic mass is 9.91. The molecule has 0 fully saturated rings. The summed E-state index contributed by atoms with van der Waals surface area (Å²) in [5.74, 6) is 0.654. The summed E-state index contributed by atoms with van der Waals surface area (Å²) in [6.45, 7) is 8.12. The number of aliphatic hydroxyl groups is 1. The molecule has 2 rings (SSSR count). The Hall–Kier alpha value is -1.74. The third-order valence-corrected chi connectivity index (χ3v) is 4.18. The fourth-order valence-electron chi connectivity index (χ4n) is 2.83. The van der Waals surface area contributed by atoms with Gasteiger partial charge in [0.05, 0.1) is 5.76 Å². The maximum Gasteiger partial charge on any atom is 0.119 e. The highest BCUT2D eigenvalue weighted by Crippen LogP contribution is 2.27. The van der Waals surface area contributed by atoms with Gasteiger partial charge in [-0.1, -0.05) is 38.1 Å². The summed E-state index contributed by atoms with van der Waals surface area (Å²) >= 11 is 0. The standard InChI is InChI=1S/C18H25NO2/c1-4-19(5-2)16-9-8-15(18(21)12-16)11-14-7-6-13(3)10-17(14)20/h6-10,12,15-16,20-21H,4-5,11H2,1-3H3. The molecule has 0 aliphatic heterocycles. The van der Waals surface area contributed by atoms with Gasteiger partial charge in [-0.15, -0.1) is 0 Å². The Balaban J connectivity index is 2.10. The second-order valence-corrected chi connectivity index (χ2v) is 5.63. The molecule has 1 aromatic carbocycles. The van der Waals surface area contributed by atoms with E-state index in [1.54, 1.807) is 6.07 Å². The topological polar surface area (TPSA) is 43.7 Å². The van der Waals surface area contributed by atoms with Crippen molar-refractivity contribution in [2.24, 2.45) is 5.92 Å². The normalized spacial score (nSPS) is 21.6. The summed E-state index contributed by atoms with van der Waals surface area (Å²) in [7, 11) is 0. The van der Waals surface area contributed by atoms with Gasteiger partial charge in [0.15, 0.2) is 0 Å². The SMILES string of the molecule is CCN(CC)C1C=CC(Cc2ccc(C)cc2O)C(O)=C1. The van der Waals surface area contributed by atoms with Gasteiger partial charge in [0.25, 0.3) is 0 Å². The molecule has 0 aromatic heterocycles. The molecule has 21 heavy (non-hydrogen) atoms. The van der Waals surface area contributed by atoms with Gasteiger partial charge < -0.3 is 10.2 Å². The molecule has 2 atom stereocenters. The van der Waals surface area contributed by atoms with E-state index in [0.29, 0.717) is 17.9 Å². The quantitative estimate of drug-likeness (QED) is 0.814. The first-order chi connectivity index (χ1) is 10.0. The molecule has 0 amide bonds. The molecule has 0 radical (unpaired) electrons. The minimum Gasteiger partial charge on any atom is -0.512 e. The van der Waals surface area contributed by atoms with Crippen molar-refractivity contribution in [3.8, 4) is 5.75 Å². The maximum absolute atomic E-state index is 10.3. The summed E-state index contributed by atoms with van der Waals surface area (Å²) in [5, 5.41) is 20.3. The highest BCUT2D eigenvalue weighted by Gasteiger charge is 2.21. The maximum atomic E-state index is 10.3. The number of phenolic OH excluding ortho intramolecular Hbond substituents is 1. The van der Waals surface area contributed by atoms with Crippen molar-refractivity contribution in [1.82, 2.24) is 4.90 Å². The highest BCUT2D eigenvalue weighted by molar-refractivity contribution is 5.37. The van der Waals surface area contributed by atoms with Crippen LogP contribution in [0, 0.1) is 12.8 Å². The average Bonchev–Trinajstić information content (AvgIpc) is 2.45. The molecule has 0 saturated carbocycles. The van der Waals surface area contributed by atoms with Gasteiger partial charge in [-0.25, -0.2) is 0 Å². The average molecular weight is 287 g/mol. The molecule has 0 saturated heterocycles. The third-order valence-electron chi connectivity index (χ3n) is 4.18. The molecule has 0 spiro atoms. The van der Waals surface area contributed by atoms with Crippen LogP contribution in [-0.2, 0) is 6.42 Å². The summed E-state index contributed by atoms with van der Waals surface area (Å²) in [6.07, 6.45) is 6.74. The minimum absolute atomic E-state index is 0.0505. The summed E-state index contributed by atoms with van der Waals surface area (Å²) in [6, 6.07) is 5.85. The molecule has 3 nitrogen and oxygen atoms in total. The van der Waals surface area contributed by atoms with Crippen LogP contribution in [0.4, 0.5) is 0 Å².